The minimum absolute atomic E-state index is 0.0618. The maximum Gasteiger partial charge on any atom is 0.253 e. The van der Waals surface area contributed by atoms with Gasteiger partial charge in [-0.1, -0.05) is 12.1 Å². The molecule has 1 saturated carbocycles. The summed E-state index contributed by atoms with van der Waals surface area (Å²) in [5, 5.41) is 9.16. The molecule has 1 aromatic carbocycles. The molecule has 0 spiro atoms. The van der Waals surface area contributed by atoms with E-state index in [4.69, 9.17) is 9.97 Å². The molecule has 5 rings (SSSR count). The van der Waals surface area contributed by atoms with Crippen molar-refractivity contribution < 1.29 is 13.6 Å². The third kappa shape index (κ3) is 3.85. The predicted molar refractivity (Wildman–Crippen MR) is 115 cm³/mol. The van der Waals surface area contributed by atoms with Crippen LogP contribution in [0.15, 0.2) is 24.3 Å². The highest BCUT2D eigenvalue weighted by molar-refractivity contribution is 5.99. The van der Waals surface area contributed by atoms with Gasteiger partial charge in [-0.25, -0.2) is 18.7 Å². The molecular weight excluding hydrogens is 402 g/mol. The summed E-state index contributed by atoms with van der Waals surface area (Å²) in [6.07, 6.45) is -0.0205. The van der Waals surface area contributed by atoms with Gasteiger partial charge in [0.25, 0.3) is 12.3 Å². The number of H-pyrrole nitrogens is 1. The van der Waals surface area contributed by atoms with E-state index in [0.29, 0.717) is 17.9 Å². The van der Waals surface area contributed by atoms with E-state index in [0.717, 1.165) is 52.9 Å². The lowest BCUT2D eigenvalue weighted by atomic mass is 9.86. The van der Waals surface area contributed by atoms with Crippen LogP contribution < -0.4 is 16.0 Å². The lowest BCUT2D eigenvalue weighted by Crippen LogP contribution is -2.49. The minimum atomic E-state index is -2.33. The molecule has 4 N–H and O–H groups in total. The molecular formula is C22H24F2N6O. The minimum Gasteiger partial charge on any atom is -0.366 e. The van der Waals surface area contributed by atoms with Gasteiger partial charge in [-0.2, -0.15) is 0 Å². The number of nitrogens with zero attached hydrogens (tertiary/aromatic N) is 2. The van der Waals surface area contributed by atoms with E-state index < -0.39 is 6.43 Å². The zero-order chi connectivity index (χ0) is 21.5. The number of hydrogen-bond donors (Lipinski definition) is 4. The van der Waals surface area contributed by atoms with Crippen LogP contribution in [0.3, 0.4) is 0 Å². The molecule has 1 aliphatic heterocycles. The number of alkyl halides is 2. The van der Waals surface area contributed by atoms with Gasteiger partial charge in [0.15, 0.2) is 0 Å². The molecule has 0 unspecified atom stereocenters. The van der Waals surface area contributed by atoms with E-state index in [9.17, 15) is 13.6 Å². The van der Waals surface area contributed by atoms with E-state index in [1.807, 2.05) is 31.2 Å². The number of nitrogens with one attached hydrogen (secondary N) is 4. The molecule has 3 heterocycles. The molecule has 2 aliphatic rings. The van der Waals surface area contributed by atoms with E-state index in [2.05, 4.69) is 20.9 Å². The molecule has 31 heavy (non-hydrogen) atoms. The highest BCUT2D eigenvalue weighted by Crippen LogP contribution is 2.31. The molecule has 162 valence electrons. The van der Waals surface area contributed by atoms with Crippen LogP contribution in [-0.2, 0) is 6.42 Å². The molecule has 1 aliphatic carbocycles. The zero-order valence-corrected chi connectivity index (χ0v) is 17.1. The molecule has 0 saturated heterocycles. The fourth-order valence-electron chi connectivity index (χ4n) is 4.31. The summed E-state index contributed by atoms with van der Waals surface area (Å²) in [6.45, 7) is 2.26. The van der Waals surface area contributed by atoms with Crippen LogP contribution in [0.5, 0.6) is 0 Å². The van der Waals surface area contributed by atoms with Crippen molar-refractivity contribution >= 4 is 22.8 Å². The van der Waals surface area contributed by atoms with Crippen molar-refractivity contribution in [1.29, 1.82) is 0 Å². The standard InChI is InChI=1S/C22H24F2N6O/c1-11-21(28-13-7-12(8-13)26-10-19(23)24)30-20-14(3-2-4-17(20)27-11)18-9-15-16(29-18)5-6-25-22(15)31/h2-4,9,12-13,19,26,29H,5-8,10H2,1H3,(H,25,31)(H,28,30). The van der Waals surface area contributed by atoms with E-state index >= 15 is 0 Å². The number of rotatable bonds is 6. The highest BCUT2D eigenvalue weighted by atomic mass is 19.3. The van der Waals surface area contributed by atoms with Crippen molar-refractivity contribution in [1.82, 2.24) is 25.6 Å². The Hall–Kier alpha value is -3.07. The number of halogens is 2. The van der Waals surface area contributed by atoms with Crippen LogP contribution in [0.4, 0.5) is 14.6 Å². The first-order valence-electron chi connectivity index (χ1n) is 10.5. The topological polar surface area (TPSA) is 94.7 Å². The Balaban J connectivity index is 1.41. The number of fused-ring (bicyclic) bond motifs is 2. The number of aromatic nitrogens is 3. The molecule has 0 bridgehead atoms. The van der Waals surface area contributed by atoms with E-state index in [1.54, 1.807) is 0 Å². The number of amides is 1. The first-order valence-corrected chi connectivity index (χ1v) is 10.5. The maximum atomic E-state index is 12.4. The van der Waals surface area contributed by atoms with Crippen molar-refractivity contribution in [2.75, 3.05) is 18.4 Å². The van der Waals surface area contributed by atoms with Gasteiger partial charge in [0.05, 0.1) is 23.3 Å². The zero-order valence-electron chi connectivity index (χ0n) is 17.1. The summed E-state index contributed by atoms with van der Waals surface area (Å²) in [4.78, 5) is 25.1. The van der Waals surface area contributed by atoms with Crippen molar-refractivity contribution in [2.45, 2.75) is 44.7 Å². The summed E-state index contributed by atoms with van der Waals surface area (Å²) in [6, 6.07) is 7.98. The smallest absolute Gasteiger partial charge is 0.253 e. The van der Waals surface area contributed by atoms with Crippen molar-refractivity contribution in [2.24, 2.45) is 0 Å². The van der Waals surface area contributed by atoms with Gasteiger partial charge in [-0.15, -0.1) is 0 Å². The molecule has 0 radical (unpaired) electrons. The number of aryl methyl sites for hydroxylation is 1. The quantitative estimate of drug-likeness (QED) is 0.486. The number of hydrogen-bond acceptors (Lipinski definition) is 5. The summed E-state index contributed by atoms with van der Waals surface area (Å²) < 4.78 is 24.7. The van der Waals surface area contributed by atoms with E-state index in [-0.39, 0.29) is 24.5 Å². The first kappa shape index (κ1) is 19.9. The fourth-order valence-corrected chi connectivity index (χ4v) is 4.31. The lowest BCUT2D eigenvalue weighted by molar-refractivity contribution is 0.0946. The van der Waals surface area contributed by atoms with Crippen molar-refractivity contribution in [3.8, 4) is 11.3 Å². The number of para-hydroxylation sites is 1. The van der Waals surface area contributed by atoms with Crippen LogP contribution >= 0.6 is 0 Å². The SMILES string of the molecule is Cc1nc2cccc(-c3cc4c([nH]3)CCNC4=O)c2nc1NC1CC(NCC(F)F)C1. The highest BCUT2D eigenvalue weighted by Gasteiger charge is 2.30. The molecule has 1 fully saturated rings. The average Bonchev–Trinajstić information content (AvgIpc) is 3.14. The summed E-state index contributed by atoms with van der Waals surface area (Å²) in [5.41, 5.74) is 5.67. The van der Waals surface area contributed by atoms with Gasteiger partial charge in [0.1, 0.15) is 11.3 Å². The maximum absolute atomic E-state index is 12.4. The molecule has 1 amide bonds. The number of anilines is 1. The Morgan fingerprint density at radius 2 is 2.03 bits per heavy atom. The van der Waals surface area contributed by atoms with Crippen molar-refractivity contribution in [3.05, 3.63) is 41.2 Å². The Bertz CT molecular complexity index is 1140. The van der Waals surface area contributed by atoms with Gasteiger partial charge in [0, 0.05) is 42.0 Å². The second kappa shape index (κ2) is 7.88. The molecule has 2 aromatic heterocycles. The Morgan fingerprint density at radius 3 is 2.81 bits per heavy atom. The summed E-state index contributed by atoms with van der Waals surface area (Å²) in [7, 11) is 0. The van der Waals surface area contributed by atoms with Gasteiger partial charge in [-0.3, -0.25) is 4.79 Å². The molecule has 3 aromatic rings. The van der Waals surface area contributed by atoms with Gasteiger partial charge >= 0.3 is 0 Å². The average molecular weight is 426 g/mol. The predicted octanol–water partition coefficient (Wildman–Crippen LogP) is 3.02. The number of carbonyl (C=O) groups is 1. The molecule has 0 atom stereocenters. The normalized spacial score (nSPS) is 20.5. The van der Waals surface area contributed by atoms with Crippen LogP contribution in [0, 0.1) is 6.92 Å². The van der Waals surface area contributed by atoms with Gasteiger partial charge < -0.3 is 20.9 Å². The summed E-state index contributed by atoms with van der Waals surface area (Å²) in [5.74, 6) is 0.639. The Morgan fingerprint density at radius 1 is 1.19 bits per heavy atom. The van der Waals surface area contributed by atoms with E-state index in [1.165, 1.54) is 0 Å². The fraction of sp³-hybridized carbons (Fsp3) is 0.409. The van der Waals surface area contributed by atoms with Crippen LogP contribution in [0.2, 0.25) is 0 Å². The second-order valence-electron chi connectivity index (χ2n) is 8.22. The lowest BCUT2D eigenvalue weighted by Gasteiger charge is -2.37. The van der Waals surface area contributed by atoms with Crippen LogP contribution in [0.25, 0.3) is 22.3 Å². The van der Waals surface area contributed by atoms with Crippen LogP contribution in [-0.4, -0.2) is 52.5 Å². The third-order valence-corrected chi connectivity index (χ3v) is 6.00. The van der Waals surface area contributed by atoms with Gasteiger partial charge in [0.2, 0.25) is 0 Å². The van der Waals surface area contributed by atoms with Crippen LogP contribution in [0.1, 0.15) is 34.6 Å². The third-order valence-electron chi connectivity index (χ3n) is 6.00. The van der Waals surface area contributed by atoms with Gasteiger partial charge in [-0.05, 0) is 31.9 Å². The number of benzene rings is 1. The second-order valence-corrected chi connectivity index (χ2v) is 8.22. The molecule has 7 nitrogen and oxygen atoms in total. The Kier molecular flexibility index (Phi) is 5.05. The largest absolute Gasteiger partial charge is 0.366 e. The molecule has 9 heteroatoms. The summed E-state index contributed by atoms with van der Waals surface area (Å²) >= 11 is 0. The monoisotopic (exact) mass is 426 g/mol. The first-order chi connectivity index (χ1) is 15.0. The van der Waals surface area contributed by atoms with Crippen molar-refractivity contribution in [3.63, 3.8) is 0 Å². The number of aromatic amines is 1. The Labute approximate surface area is 178 Å². The number of carbonyl (C=O) groups excluding carboxylic acids is 1.